The van der Waals surface area contributed by atoms with E-state index in [1.165, 1.54) is 6.33 Å². The third-order valence-corrected chi connectivity index (χ3v) is 5.77. The lowest BCUT2D eigenvalue weighted by atomic mass is 10.1. The summed E-state index contributed by atoms with van der Waals surface area (Å²) in [5.41, 5.74) is 4.39. The van der Waals surface area contributed by atoms with E-state index >= 15 is 0 Å². The maximum absolute atomic E-state index is 12.8. The molecule has 2 aromatic carbocycles. The molecule has 0 saturated carbocycles. The molecule has 0 radical (unpaired) electrons. The lowest BCUT2D eigenvalue weighted by Gasteiger charge is -2.18. The number of nitrogens with zero attached hydrogens (tertiary/aromatic N) is 3. The van der Waals surface area contributed by atoms with Gasteiger partial charge in [0.25, 0.3) is 0 Å². The number of hydrogen-bond donors (Lipinski definition) is 2. The van der Waals surface area contributed by atoms with Crippen molar-refractivity contribution in [3.63, 3.8) is 0 Å². The van der Waals surface area contributed by atoms with Crippen LogP contribution in [-0.4, -0.2) is 27.1 Å². The molecule has 1 amide bonds. The smallest absolute Gasteiger partial charge is 0.330 e. The molecule has 1 aliphatic heterocycles. The fourth-order valence-electron chi connectivity index (χ4n) is 3.72. The van der Waals surface area contributed by atoms with Crippen molar-refractivity contribution in [3.8, 4) is 11.6 Å². The summed E-state index contributed by atoms with van der Waals surface area (Å²) in [4.78, 5) is 21.4. The number of nitrogens with one attached hydrogen (secondary N) is 2. The first-order valence-corrected chi connectivity index (χ1v) is 10.4. The van der Waals surface area contributed by atoms with Gasteiger partial charge in [0.1, 0.15) is 12.1 Å². The predicted octanol–water partition coefficient (Wildman–Crippen LogP) is 4.91. The molecule has 4 aromatic rings. The van der Waals surface area contributed by atoms with Gasteiger partial charge in [-0.1, -0.05) is 11.6 Å². The SMILES string of the molecule is Cc1cc(NC(=O)n2ccc3cc(Oc4ncnc5c4CCNC5)ccc32)ccc1Cl. The van der Waals surface area contributed by atoms with E-state index in [2.05, 4.69) is 20.6 Å². The van der Waals surface area contributed by atoms with Crippen LogP contribution in [0.4, 0.5) is 10.5 Å². The molecule has 156 valence electrons. The third-order valence-electron chi connectivity index (χ3n) is 5.34. The average Bonchev–Trinajstić information content (AvgIpc) is 3.20. The summed E-state index contributed by atoms with van der Waals surface area (Å²) >= 11 is 6.07. The van der Waals surface area contributed by atoms with Gasteiger partial charge in [-0.2, -0.15) is 0 Å². The molecule has 0 atom stereocenters. The van der Waals surface area contributed by atoms with Gasteiger partial charge in [0, 0.05) is 34.4 Å². The Morgan fingerprint density at radius 2 is 2.10 bits per heavy atom. The van der Waals surface area contributed by atoms with Gasteiger partial charge in [-0.05, 0) is 67.9 Å². The summed E-state index contributed by atoms with van der Waals surface area (Å²) in [5, 5.41) is 7.76. The highest BCUT2D eigenvalue weighted by Crippen LogP contribution is 2.29. The number of fused-ring (bicyclic) bond motifs is 2. The van der Waals surface area contributed by atoms with Crippen molar-refractivity contribution < 1.29 is 9.53 Å². The van der Waals surface area contributed by atoms with Gasteiger partial charge in [-0.15, -0.1) is 0 Å². The Morgan fingerprint density at radius 3 is 2.97 bits per heavy atom. The van der Waals surface area contributed by atoms with Gasteiger partial charge < -0.3 is 15.4 Å². The van der Waals surface area contributed by atoms with Crippen molar-refractivity contribution in [1.29, 1.82) is 0 Å². The van der Waals surface area contributed by atoms with Gasteiger partial charge in [0.2, 0.25) is 5.88 Å². The van der Waals surface area contributed by atoms with E-state index < -0.39 is 0 Å². The topological polar surface area (TPSA) is 81.1 Å². The minimum atomic E-state index is -0.247. The van der Waals surface area contributed by atoms with Crippen molar-refractivity contribution in [1.82, 2.24) is 19.9 Å². The molecule has 1 aliphatic rings. The van der Waals surface area contributed by atoms with Crippen molar-refractivity contribution in [3.05, 3.63) is 76.8 Å². The standard InChI is InChI=1S/C23H20ClN5O2/c1-14-10-16(2-4-19(14)24)28-23(30)29-9-7-15-11-17(3-5-21(15)29)31-22-18-6-8-25-12-20(18)26-13-27-22/h2-5,7,9-11,13,25H,6,8,12H2,1H3,(H,28,30). The van der Waals surface area contributed by atoms with Gasteiger partial charge in [0.15, 0.2) is 0 Å². The Balaban J connectivity index is 1.39. The van der Waals surface area contributed by atoms with E-state index in [4.69, 9.17) is 16.3 Å². The zero-order valence-corrected chi connectivity index (χ0v) is 17.6. The highest BCUT2D eigenvalue weighted by Gasteiger charge is 2.17. The second kappa shape index (κ2) is 8.02. The third kappa shape index (κ3) is 3.85. The Morgan fingerprint density at radius 1 is 1.19 bits per heavy atom. The first-order chi connectivity index (χ1) is 15.1. The largest absolute Gasteiger partial charge is 0.439 e. The number of ether oxygens (including phenoxy) is 1. The van der Waals surface area contributed by atoms with Gasteiger partial charge in [-0.3, -0.25) is 4.57 Å². The molecule has 2 N–H and O–H groups in total. The molecule has 31 heavy (non-hydrogen) atoms. The number of hydrogen-bond acceptors (Lipinski definition) is 5. The summed E-state index contributed by atoms with van der Waals surface area (Å²) in [6, 6.07) is 12.6. The lowest BCUT2D eigenvalue weighted by Crippen LogP contribution is -2.25. The molecule has 0 fully saturated rings. The summed E-state index contributed by atoms with van der Waals surface area (Å²) < 4.78 is 7.64. The first-order valence-electron chi connectivity index (χ1n) is 9.98. The number of anilines is 1. The minimum absolute atomic E-state index is 0.247. The van der Waals surface area contributed by atoms with Gasteiger partial charge in [0.05, 0.1) is 11.2 Å². The normalized spacial score (nSPS) is 13.1. The summed E-state index contributed by atoms with van der Waals surface area (Å²) in [6.45, 7) is 3.50. The maximum Gasteiger partial charge on any atom is 0.330 e. The summed E-state index contributed by atoms with van der Waals surface area (Å²) in [7, 11) is 0. The monoisotopic (exact) mass is 433 g/mol. The van der Waals surface area contributed by atoms with E-state index in [0.717, 1.165) is 47.2 Å². The van der Waals surface area contributed by atoms with Crippen molar-refractivity contribution in [2.24, 2.45) is 0 Å². The second-order valence-corrected chi connectivity index (χ2v) is 7.84. The molecule has 3 heterocycles. The molecule has 0 saturated heterocycles. The van der Waals surface area contributed by atoms with Crippen LogP contribution in [0.1, 0.15) is 16.8 Å². The average molecular weight is 434 g/mol. The zero-order valence-electron chi connectivity index (χ0n) is 16.9. The quantitative estimate of drug-likeness (QED) is 0.479. The highest BCUT2D eigenvalue weighted by atomic mass is 35.5. The zero-order chi connectivity index (χ0) is 21.4. The molecule has 0 bridgehead atoms. The number of halogens is 1. The van der Waals surface area contributed by atoms with Crippen LogP contribution in [0.15, 0.2) is 55.0 Å². The number of aryl methyl sites for hydroxylation is 1. The van der Waals surface area contributed by atoms with Crippen LogP contribution in [0.5, 0.6) is 11.6 Å². The van der Waals surface area contributed by atoms with Gasteiger partial charge in [-0.25, -0.2) is 14.8 Å². The highest BCUT2D eigenvalue weighted by molar-refractivity contribution is 6.31. The lowest BCUT2D eigenvalue weighted by molar-refractivity contribution is 0.254. The number of rotatable bonds is 3. The van der Waals surface area contributed by atoms with Crippen molar-refractivity contribution >= 4 is 34.2 Å². The number of benzene rings is 2. The van der Waals surface area contributed by atoms with E-state index in [-0.39, 0.29) is 6.03 Å². The number of amides is 1. The van der Waals surface area contributed by atoms with Crippen LogP contribution in [0, 0.1) is 6.92 Å². The number of aromatic nitrogens is 3. The van der Waals surface area contributed by atoms with Crippen LogP contribution < -0.4 is 15.4 Å². The van der Waals surface area contributed by atoms with Gasteiger partial charge >= 0.3 is 6.03 Å². The van der Waals surface area contributed by atoms with E-state index in [1.807, 2.05) is 37.3 Å². The Labute approximate surface area is 184 Å². The van der Waals surface area contributed by atoms with Crippen LogP contribution in [0.25, 0.3) is 10.9 Å². The summed E-state index contributed by atoms with van der Waals surface area (Å²) in [6.07, 6.45) is 4.10. The molecule has 0 unspecified atom stereocenters. The predicted molar refractivity (Wildman–Crippen MR) is 120 cm³/mol. The van der Waals surface area contributed by atoms with Crippen LogP contribution in [0.3, 0.4) is 0 Å². The van der Waals surface area contributed by atoms with Crippen molar-refractivity contribution in [2.75, 3.05) is 11.9 Å². The fraction of sp³-hybridized carbons (Fsp3) is 0.174. The fourth-order valence-corrected chi connectivity index (χ4v) is 3.84. The minimum Gasteiger partial charge on any atom is -0.439 e. The Hall–Kier alpha value is -3.42. The van der Waals surface area contributed by atoms with Crippen LogP contribution in [-0.2, 0) is 13.0 Å². The van der Waals surface area contributed by atoms with Crippen LogP contribution >= 0.6 is 11.6 Å². The Kier molecular flexibility index (Phi) is 5.05. The van der Waals surface area contributed by atoms with Crippen LogP contribution in [0.2, 0.25) is 5.02 Å². The van der Waals surface area contributed by atoms with E-state index in [1.54, 1.807) is 22.9 Å². The molecule has 0 aliphatic carbocycles. The molecule has 8 heteroatoms. The number of carbonyl (C=O) groups excluding carboxylic acids is 1. The maximum atomic E-state index is 12.8. The second-order valence-electron chi connectivity index (χ2n) is 7.43. The molecule has 7 nitrogen and oxygen atoms in total. The molecule has 2 aromatic heterocycles. The van der Waals surface area contributed by atoms with E-state index in [9.17, 15) is 4.79 Å². The van der Waals surface area contributed by atoms with E-state index in [0.29, 0.717) is 22.3 Å². The molecule has 0 spiro atoms. The first kappa shape index (κ1) is 19.5. The molecule has 5 rings (SSSR count). The molecular formula is C23H20ClN5O2. The number of carbonyl (C=O) groups is 1. The Bertz CT molecular complexity index is 1300. The van der Waals surface area contributed by atoms with Crippen molar-refractivity contribution in [2.45, 2.75) is 19.9 Å². The molecular weight excluding hydrogens is 414 g/mol. The summed E-state index contributed by atoms with van der Waals surface area (Å²) in [5.74, 6) is 1.25.